The van der Waals surface area contributed by atoms with Crippen molar-refractivity contribution in [3.63, 3.8) is 0 Å². The molecule has 1 aromatic heterocycles. The van der Waals surface area contributed by atoms with Crippen LogP contribution < -0.4 is 0 Å². The summed E-state index contributed by atoms with van der Waals surface area (Å²) >= 11 is 7.69. The Bertz CT molecular complexity index is 568. The molecule has 1 aromatic carbocycles. The van der Waals surface area contributed by atoms with Crippen molar-refractivity contribution in [2.45, 2.75) is 25.8 Å². The van der Waals surface area contributed by atoms with E-state index < -0.39 is 0 Å². The van der Waals surface area contributed by atoms with Gasteiger partial charge in [-0.05, 0) is 42.5 Å². The molecule has 0 saturated heterocycles. The summed E-state index contributed by atoms with van der Waals surface area (Å²) in [7, 11) is 1.85. The molecule has 0 N–H and O–H groups in total. The Morgan fingerprint density at radius 2 is 2.15 bits per heavy atom. The summed E-state index contributed by atoms with van der Waals surface area (Å²) in [5.41, 5.74) is 1.06. The Kier molecular flexibility index (Phi) is 5.21. The van der Waals surface area contributed by atoms with Crippen LogP contribution in [-0.4, -0.2) is 17.9 Å². The SMILES string of the molecule is CC(c1cccc(Cl)c1)N(C)C(=O)CCc1cccs1. The largest absolute Gasteiger partial charge is 0.339 e. The number of hydrogen-bond acceptors (Lipinski definition) is 2. The first-order chi connectivity index (χ1) is 9.58. The van der Waals surface area contributed by atoms with Gasteiger partial charge in [-0.15, -0.1) is 11.3 Å². The van der Waals surface area contributed by atoms with Crippen molar-refractivity contribution in [1.29, 1.82) is 0 Å². The smallest absolute Gasteiger partial charge is 0.223 e. The Hall–Kier alpha value is -1.32. The van der Waals surface area contributed by atoms with Crippen LogP contribution >= 0.6 is 22.9 Å². The summed E-state index contributed by atoms with van der Waals surface area (Å²) in [4.78, 5) is 15.3. The molecule has 1 unspecified atom stereocenters. The number of benzene rings is 1. The standard InChI is InChI=1S/C16H18ClNOS/c1-12(13-5-3-6-14(17)11-13)18(2)16(19)9-8-15-7-4-10-20-15/h3-7,10-12H,8-9H2,1-2H3. The lowest BCUT2D eigenvalue weighted by Gasteiger charge is -2.25. The fraction of sp³-hybridized carbons (Fsp3) is 0.312. The van der Waals surface area contributed by atoms with E-state index in [0.717, 1.165) is 12.0 Å². The number of nitrogens with zero attached hydrogens (tertiary/aromatic N) is 1. The van der Waals surface area contributed by atoms with E-state index in [0.29, 0.717) is 11.4 Å². The van der Waals surface area contributed by atoms with Crippen LogP contribution in [0.4, 0.5) is 0 Å². The van der Waals surface area contributed by atoms with Gasteiger partial charge in [0.1, 0.15) is 0 Å². The van der Waals surface area contributed by atoms with Crippen LogP contribution in [0, 0.1) is 0 Å². The molecule has 4 heteroatoms. The van der Waals surface area contributed by atoms with E-state index in [1.54, 1.807) is 16.2 Å². The molecule has 20 heavy (non-hydrogen) atoms. The molecule has 0 aliphatic heterocycles. The van der Waals surface area contributed by atoms with Gasteiger partial charge in [-0.25, -0.2) is 0 Å². The number of carbonyl (C=O) groups is 1. The maximum Gasteiger partial charge on any atom is 0.223 e. The predicted molar refractivity (Wildman–Crippen MR) is 85.3 cm³/mol. The molecule has 0 aliphatic carbocycles. The molecule has 0 radical (unpaired) electrons. The number of thiophene rings is 1. The minimum atomic E-state index is 0.0320. The van der Waals surface area contributed by atoms with Crippen molar-refractivity contribution in [2.75, 3.05) is 7.05 Å². The van der Waals surface area contributed by atoms with Crippen LogP contribution in [0.2, 0.25) is 5.02 Å². The zero-order valence-electron chi connectivity index (χ0n) is 11.7. The Balaban J connectivity index is 1.95. The van der Waals surface area contributed by atoms with Crippen molar-refractivity contribution < 1.29 is 4.79 Å². The van der Waals surface area contributed by atoms with Crippen molar-refractivity contribution >= 4 is 28.8 Å². The van der Waals surface area contributed by atoms with E-state index in [-0.39, 0.29) is 11.9 Å². The quantitative estimate of drug-likeness (QED) is 0.793. The summed E-state index contributed by atoms with van der Waals surface area (Å²) in [5, 5.41) is 2.74. The fourth-order valence-corrected chi connectivity index (χ4v) is 2.98. The van der Waals surface area contributed by atoms with E-state index in [1.807, 2.05) is 49.7 Å². The van der Waals surface area contributed by atoms with E-state index in [4.69, 9.17) is 11.6 Å². The van der Waals surface area contributed by atoms with Gasteiger partial charge in [0.2, 0.25) is 5.91 Å². The number of amides is 1. The van der Waals surface area contributed by atoms with Crippen LogP contribution in [0.25, 0.3) is 0 Å². The van der Waals surface area contributed by atoms with E-state index in [9.17, 15) is 4.79 Å². The summed E-state index contributed by atoms with van der Waals surface area (Å²) in [6.45, 7) is 2.02. The van der Waals surface area contributed by atoms with Crippen LogP contribution in [0.15, 0.2) is 41.8 Å². The minimum absolute atomic E-state index is 0.0320. The average Bonchev–Trinajstić information content (AvgIpc) is 2.96. The summed E-state index contributed by atoms with van der Waals surface area (Å²) < 4.78 is 0. The summed E-state index contributed by atoms with van der Waals surface area (Å²) in [6.07, 6.45) is 1.35. The van der Waals surface area contributed by atoms with E-state index in [2.05, 4.69) is 6.07 Å². The average molecular weight is 308 g/mol. The molecule has 0 aliphatic rings. The molecule has 1 atom stereocenters. The minimum Gasteiger partial charge on any atom is -0.339 e. The first-order valence-corrected chi connectivity index (χ1v) is 7.87. The van der Waals surface area contributed by atoms with Crippen LogP contribution in [0.5, 0.6) is 0 Å². The third-order valence-corrected chi connectivity index (χ3v) is 4.64. The number of aryl methyl sites for hydroxylation is 1. The number of rotatable bonds is 5. The number of hydrogen-bond donors (Lipinski definition) is 0. The van der Waals surface area contributed by atoms with Gasteiger partial charge in [-0.3, -0.25) is 4.79 Å². The Morgan fingerprint density at radius 3 is 2.80 bits per heavy atom. The van der Waals surface area contributed by atoms with Gasteiger partial charge in [0, 0.05) is 23.4 Å². The molecule has 2 rings (SSSR count). The number of carbonyl (C=O) groups excluding carboxylic acids is 1. The van der Waals surface area contributed by atoms with Gasteiger partial charge in [-0.1, -0.05) is 29.8 Å². The molecular weight excluding hydrogens is 290 g/mol. The number of halogens is 1. The second-order valence-corrected chi connectivity index (χ2v) is 6.28. The lowest BCUT2D eigenvalue weighted by atomic mass is 10.1. The van der Waals surface area contributed by atoms with Crippen molar-refractivity contribution in [3.8, 4) is 0 Å². The first-order valence-electron chi connectivity index (χ1n) is 6.61. The van der Waals surface area contributed by atoms with Gasteiger partial charge >= 0.3 is 0 Å². The fourth-order valence-electron chi connectivity index (χ4n) is 2.07. The van der Waals surface area contributed by atoms with E-state index >= 15 is 0 Å². The first kappa shape index (κ1) is 15.1. The molecule has 1 amide bonds. The van der Waals surface area contributed by atoms with Gasteiger partial charge in [0.25, 0.3) is 0 Å². The second kappa shape index (κ2) is 6.91. The van der Waals surface area contributed by atoms with Crippen LogP contribution in [0.3, 0.4) is 0 Å². The maximum absolute atomic E-state index is 12.2. The Morgan fingerprint density at radius 1 is 1.35 bits per heavy atom. The lowest BCUT2D eigenvalue weighted by molar-refractivity contribution is -0.131. The molecule has 1 heterocycles. The molecule has 0 bridgehead atoms. The molecular formula is C16H18ClNOS. The zero-order chi connectivity index (χ0) is 14.5. The second-order valence-electron chi connectivity index (χ2n) is 4.81. The molecule has 0 saturated carbocycles. The predicted octanol–water partition coefficient (Wildman–Crippen LogP) is 4.55. The van der Waals surface area contributed by atoms with Crippen molar-refractivity contribution in [1.82, 2.24) is 4.90 Å². The summed E-state index contributed by atoms with van der Waals surface area (Å²) in [5.74, 6) is 0.158. The zero-order valence-corrected chi connectivity index (χ0v) is 13.2. The van der Waals surface area contributed by atoms with Crippen LogP contribution in [0.1, 0.15) is 29.8 Å². The third kappa shape index (κ3) is 3.84. The highest BCUT2D eigenvalue weighted by molar-refractivity contribution is 7.09. The topological polar surface area (TPSA) is 20.3 Å². The van der Waals surface area contributed by atoms with Crippen molar-refractivity contribution in [2.24, 2.45) is 0 Å². The Labute approximate surface area is 129 Å². The lowest BCUT2D eigenvalue weighted by Crippen LogP contribution is -2.29. The molecule has 106 valence electrons. The monoisotopic (exact) mass is 307 g/mol. The van der Waals surface area contributed by atoms with E-state index in [1.165, 1.54) is 4.88 Å². The van der Waals surface area contributed by atoms with Gasteiger partial charge in [0.05, 0.1) is 6.04 Å². The highest BCUT2D eigenvalue weighted by Crippen LogP contribution is 2.23. The summed E-state index contributed by atoms with van der Waals surface area (Å²) in [6, 6.07) is 11.8. The third-order valence-electron chi connectivity index (χ3n) is 3.47. The maximum atomic E-state index is 12.2. The normalized spacial score (nSPS) is 12.2. The van der Waals surface area contributed by atoms with Crippen molar-refractivity contribution in [3.05, 3.63) is 57.2 Å². The molecule has 0 spiro atoms. The molecule has 0 fully saturated rings. The van der Waals surface area contributed by atoms with Gasteiger partial charge < -0.3 is 4.90 Å². The molecule has 2 nitrogen and oxygen atoms in total. The van der Waals surface area contributed by atoms with Gasteiger partial charge in [-0.2, -0.15) is 0 Å². The van der Waals surface area contributed by atoms with Crippen LogP contribution in [-0.2, 0) is 11.2 Å². The highest BCUT2D eigenvalue weighted by Gasteiger charge is 2.17. The van der Waals surface area contributed by atoms with Gasteiger partial charge in [0.15, 0.2) is 0 Å². The molecule has 2 aromatic rings. The highest BCUT2D eigenvalue weighted by atomic mass is 35.5.